The van der Waals surface area contributed by atoms with Crippen molar-refractivity contribution in [3.8, 4) is 0 Å². The van der Waals surface area contributed by atoms with E-state index in [4.69, 9.17) is 27.5 Å². The molecule has 0 aliphatic carbocycles. The van der Waals surface area contributed by atoms with Crippen LogP contribution in [0.25, 0.3) is 0 Å². The van der Waals surface area contributed by atoms with E-state index in [1.165, 1.54) is 0 Å². The second kappa shape index (κ2) is 18.6. The van der Waals surface area contributed by atoms with Gasteiger partial charge in [-0.1, -0.05) is 0 Å². The van der Waals surface area contributed by atoms with Crippen LogP contribution in [-0.2, 0) is 27.5 Å². The maximum absolute atomic E-state index is 11.8. The summed E-state index contributed by atoms with van der Waals surface area (Å²) in [6.45, 7) is 11.0. The van der Waals surface area contributed by atoms with Gasteiger partial charge < -0.3 is 38.1 Å². The topological polar surface area (TPSA) is 96.5 Å². The molecule has 0 aliphatic rings. The predicted molar refractivity (Wildman–Crippen MR) is 105 cm³/mol. The van der Waals surface area contributed by atoms with Gasteiger partial charge in [-0.05, 0) is 27.2 Å². The predicted octanol–water partition coefficient (Wildman–Crippen LogP) is 1.40. The lowest BCUT2D eigenvalue weighted by Gasteiger charge is -2.28. The summed E-state index contributed by atoms with van der Waals surface area (Å²) in [6, 6.07) is 0.459. The van der Waals surface area contributed by atoms with Crippen molar-refractivity contribution in [2.24, 2.45) is 0 Å². The molecule has 10 heteroatoms. The van der Waals surface area contributed by atoms with Gasteiger partial charge in [-0.2, -0.15) is 0 Å². The molecule has 0 saturated carbocycles. The number of carbonyl (C=O) groups is 1. The summed E-state index contributed by atoms with van der Waals surface area (Å²) in [5.41, 5.74) is 0. The van der Waals surface area contributed by atoms with E-state index in [2.05, 4.69) is 10.6 Å². The summed E-state index contributed by atoms with van der Waals surface area (Å²) in [7, 11) is -1.00. The maximum Gasteiger partial charge on any atom is 0.500 e. The summed E-state index contributed by atoms with van der Waals surface area (Å²) < 4.78 is 32.9. The Morgan fingerprint density at radius 2 is 1.30 bits per heavy atom. The Hall–Kier alpha value is -0.753. The molecule has 0 unspecified atom stereocenters. The fourth-order valence-corrected chi connectivity index (χ4v) is 4.88. The molecule has 0 aromatic heterocycles. The van der Waals surface area contributed by atoms with Crippen molar-refractivity contribution in [2.45, 2.75) is 33.2 Å². The molecule has 0 aliphatic heterocycles. The molecule has 162 valence electrons. The van der Waals surface area contributed by atoms with Crippen LogP contribution in [0.1, 0.15) is 27.2 Å². The van der Waals surface area contributed by atoms with E-state index in [9.17, 15) is 4.79 Å². The van der Waals surface area contributed by atoms with Crippen LogP contribution in [0.4, 0.5) is 4.79 Å². The lowest BCUT2D eigenvalue weighted by molar-refractivity contribution is 0.0259. The Morgan fingerprint density at radius 1 is 0.778 bits per heavy atom. The molecule has 2 N–H and O–H groups in total. The van der Waals surface area contributed by atoms with Crippen molar-refractivity contribution in [1.29, 1.82) is 0 Å². The first-order chi connectivity index (χ1) is 13.1. The van der Waals surface area contributed by atoms with Gasteiger partial charge in [0, 0.05) is 46.1 Å². The first-order valence-electron chi connectivity index (χ1n) is 9.72. The van der Waals surface area contributed by atoms with Gasteiger partial charge in [0.15, 0.2) is 0 Å². The fraction of sp³-hybridized carbons (Fsp3) is 0.941. The quantitative estimate of drug-likeness (QED) is 0.245. The summed E-state index contributed by atoms with van der Waals surface area (Å²) >= 11 is 0. The number of carbonyl (C=O) groups excluding carboxylic acids is 1. The highest BCUT2D eigenvalue weighted by atomic mass is 28.4. The molecule has 0 spiro atoms. The van der Waals surface area contributed by atoms with E-state index in [0.717, 1.165) is 6.42 Å². The summed E-state index contributed by atoms with van der Waals surface area (Å²) in [4.78, 5) is 11.8. The second-order valence-corrected chi connectivity index (χ2v) is 8.22. The van der Waals surface area contributed by atoms with Crippen LogP contribution in [0.3, 0.4) is 0 Å². The van der Waals surface area contributed by atoms with Crippen molar-refractivity contribution in [3.63, 3.8) is 0 Å². The monoisotopic (exact) mass is 410 g/mol. The Bertz CT molecular complexity index is 334. The minimum Gasteiger partial charge on any atom is -0.382 e. The zero-order valence-electron chi connectivity index (χ0n) is 17.3. The molecule has 9 nitrogen and oxygen atoms in total. The van der Waals surface area contributed by atoms with E-state index >= 15 is 0 Å². The number of urea groups is 1. The van der Waals surface area contributed by atoms with Crippen molar-refractivity contribution in [3.05, 3.63) is 0 Å². The highest BCUT2D eigenvalue weighted by Crippen LogP contribution is 2.17. The lowest BCUT2D eigenvalue weighted by Crippen LogP contribution is -2.46. The van der Waals surface area contributed by atoms with Crippen molar-refractivity contribution in [1.82, 2.24) is 10.6 Å². The number of nitrogens with one attached hydrogen (secondary N) is 2. The van der Waals surface area contributed by atoms with Gasteiger partial charge in [0.1, 0.15) is 0 Å². The molecule has 0 atom stereocenters. The fourth-order valence-electron chi connectivity index (χ4n) is 2.27. The van der Waals surface area contributed by atoms with Crippen molar-refractivity contribution >= 4 is 14.8 Å². The minimum absolute atomic E-state index is 0.216. The van der Waals surface area contributed by atoms with Gasteiger partial charge in [0.2, 0.25) is 0 Å². The molecule has 0 saturated heterocycles. The average Bonchev–Trinajstić information content (AvgIpc) is 2.64. The van der Waals surface area contributed by atoms with E-state index in [-0.39, 0.29) is 6.03 Å². The SMILES string of the molecule is CCO[Si](CCCNC(=O)NCCOCCOCCOC)(OCC)OCC. The summed E-state index contributed by atoms with van der Waals surface area (Å²) in [5, 5.41) is 5.57. The minimum atomic E-state index is -2.63. The third kappa shape index (κ3) is 14.9. The molecule has 0 bridgehead atoms. The van der Waals surface area contributed by atoms with E-state index in [1.807, 2.05) is 20.8 Å². The summed E-state index contributed by atoms with van der Waals surface area (Å²) in [6.07, 6.45) is 0.731. The number of amides is 2. The highest BCUT2D eigenvalue weighted by Gasteiger charge is 2.39. The zero-order chi connectivity index (χ0) is 20.2. The number of ether oxygens (including phenoxy) is 3. The van der Waals surface area contributed by atoms with Crippen molar-refractivity contribution < 1.29 is 32.3 Å². The van der Waals surface area contributed by atoms with Crippen molar-refractivity contribution in [2.75, 3.05) is 73.1 Å². The molecule has 0 radical (unpaired) electrons. The van der Waals surface area contributed by atoms with Gasteiger partial charge in [0.25, 0.3) is 0 Å². The Labute approximate surface area is 164 Å². The van der Waals surface area contributed by atoms with Crippen LogP contribution in [0, 0.1) is 0 Å². The standard InChI is InChI=1S/C17H38N2O7Si/c1-5-24-27(25-6-2,26-7-3)16-8-9-18-17(20)19-10-11-22-14-15-23-13-12-21-4/h5-16H2,1-4H3,(H2,18,19,20). The van der Waals surface area contributed by atoms with Crippen LogP contribution in [0.5, 0.6) is 0 Å². The molecular weight excluding hydrogens is 372 g/mol. The highest BCUT2D eigenvalue weighted by molar-refractivity contribution is 6.60. The largest absolute Gasteiger partial charge is 0.500 e. The van der Waals surface area contributed by atoms with Gasteiger partial charge in [0.05, 0.1) is 33.0 Å². The van der Waals surface area contributed by atoms with Gasteiger partial charge in [-0.3, -0.25) is 0 Å². The number of hydrogen-bond acceptors (Lipinski definition) is 7. The molecule has 0 heterocycles. The Balaban J connectivity index is 3.74. The smallest absolute Gasteiger partial charge is 0.382 e. The third-order valence-corrected chi connectivity index (χ3v) is 6.53. The van der Waals surface area contributed by atoms with Gasteiger partial charge in [-0.15, -0.1) is 0 Å². The number of hydrogen-bond donors (Lipinski definition) is 2. The first kappa shape index (κ1) is 26.2. The Kier molecular flexibility index (Phi) is 18.1. The molecule has 0 aromatic rings. The van der Waals surface area contributed by atoms with Gasteiger partial charge >= 0.3 is 14.8 Å². The average molecular weight is 411 g/mol. The van der Waals surface area contributed by atoms with E-state index in [0.29, 0.717) is 72.0 Å². The van der Waals surface area contributed by atoms with Crippen LogP contribution in [0.2, 0.25) is 6.04 Å². The molecular formula is C17H38N2O7Si. The zero-order valence-corrected chi connectivity index (χ0v) is 18.3. The third-order valence-electron chi connectivity index (χ3n) is 3.37. The molecule has 2 amide bonds. The maximum atomic E-state index is 11.8. The number of methoxy groups -OCH3 is 1. The molecule has 27 heavy (non-hydrogen) atoms. The van der Waals surface area contributed by atoms with Crippen LogP contribution in [-0.4, -0.2) is 87.9 Å². The van der Waals surface area contributed by atoms with Crippen LogP contribution >= 0.6 is 0 Å². The second-order valence-electron chi connectivity index (χ2n) is 5.49. The van der Waals surface area contributed by atoms with E-state index < -0.39 is 8.80 Å². The van der Waals surface area contributed by atoms with E-state index in [1.54, 1.807) is 7.11 Å². The van der Waals surface area contributed by atoms with Gasteiger partial charge in [-0.25, -0.2) is 4.79 Å². The normalized spacial score (nSPS) is 11.6. The van der Waals surface area contributed by atoms with Crippen LogP contribution < -0.4 is 10.6 Å². The lowest BCUT2D eigenvalue weighted by atomic mass is 10.5. The summed E-state index contributed by atoms with van der Waals surface area (Å²) in [5.74, 6) is 0. The molecule has 0 aromatic carbocycles. The molecule has 0 rings (SSSR count). The van der Waals surface area contributed by atoms with Crippen LogP contribution in [0.15, 0.2) is 0 Å². The number of rotatable bonds is 19. The molecule has 0 fully saturated rings. The first-order valence-corrected chi connectivity index (χ1v) is 11.6. The Morgan fingerprint density at radius 3 is 1.85 bits per heavy atom.